The molecule has 0 aliphatic heterocycles. The number of nitrogens with two attached hydrogens (primary N) is 1. The molecule has 0 bridgehead atoms. The van der Waals surface area contributed by atoms with Crippen molar-refractivity contribution >= 4 is 17.6 Å². The van der Waals surface area contributed by atoms with Gasteiger partial charge in [0.25, 0.3) is 0 Å². The number of ether oxygens (including phenoxy) is 1. The Hall–Kier alpha value is -1.13. The average molecular weight is 246 g/mol. The molecule has 1 aromatic rings. The van der Waals surface area contributed by atoms with Crippen molar-refractivity contribution in [3.63, 3.8) is 0 Å². The number of rotatable bonds is 4. The zero-order valence-electron chi connectivity index (χ0n) is 8.82. The van der Waals surface area contributed by atoms with Crippen molar-refractivity contribution in [3.05, 3.63) is 34.9 Å². The number of alkyl halides is 1. The van der Waals surface area contributed by atoms with Crippen LogP contribution in [0.3, 0.4) is 0 Å². The summed E-state index contributed by atoms with van der Waals surface area (Å²) in [5.41, 5.74) is 6.00. The second-order valence-corrected chi connectivity index (χ2v) is 3.61. The summed E-state index contributed by atoms with van der Waals surface area (Å²) in [4.78, 5) is 11.1. The normalized spacial score (nSPS) is 14.2. The maximum atomic E-state index is 13.6. The first kappa shape index (κ1) is 12.9. The number of hydrogen-bond donors (Lipinski definition) is 1. The van der Waals surface area contributed by atoms with E-state index in [0.29, 0.717) is 10.6 Å². The van der Waals surface area contributed by atoms with Crippen LogP contribution in [0, 0.1) is 0 Å². The van der Waals surface area contributed by atoms with E-state index in [9.17, 15) is 9.18 Å². The van der Waals surface area contributed by atoms with Gasteiger partial charge in [-0.25, -0.2) is 9.18 Å². The second-order valence-electron chi connectivity index (χ2n) is 3.20. The maximum Gasteiger partial charge on any atom is 0.342 e. The van der Waals surface area contributed by atoms with Crippen LogP contribution >= 0.6 is 11.6 Å². The van der Waals surface area contributed by atoms with Gasteiger partial charge >= 0.3 is 5.97 Å². The Labute approximate surface area is 98.3 Å². The van der Waals surface area contributed by atoms with Crippen LogP contribution < -0.4 is 5.73 Å². The van der Waals surface area contributed by atoms with Gasteiger partial charge in [-0.2, -0.15) is 0 Å². The van der Waals surface area contributed by atoms with Crippen molar-refractivity contribution in [2.45, 2.75) is 19.1 Å². The summed E-state index contributed by atoms with van der Waals surface area (Å²) in [6.07, 6.45) is -1.90. The number of halogens is 2. The lowest BCUT2D eigenvalue weighted by Gasteiger charge is -2.16. The number of carbonyl (C=O) groups excluding carboxylic acids is 1. The van der Waals surface area contributed by atoms with E-state index in [2.05, 4.69) is 4.74 Å². The first-order chi connectivity index (χ1) is 7.57. The van der Waals surface area contributed by atoms with E-state index in [-0.39, 0.29) is 6.61 Å². The zero-order chi connectivity index (χ0) is 12.1. The smallest absolute Gasteiger partial charge is 0.342 e. The number of esters is 1. The minimum Gasteiger partial charge on any atom is -0.464 e. The summed E-state index contributed by atoms with van der Waals surface area (Å²) in [6, 6.07) is 5.45. The fraction of sp³-hybridized carbons (Fsp3) is 0.364. The van der Waals surface area contributed by atoms with Gasteiger partial charge < -0.3 is 10.5 Å². The summed E-state index contributed by atoms with van der Waals surface area (Å²) in [6.45, 7) is 1.72. The lowest BCUT2D eigenvalue weighted by molar-refractivity contribution is -0.149. The largest absolute Gasteiger partial charge is 0.464 e. The van der Waals surface area contributed by atoms with Crippen molar-refractivity contribution in [1.82, 2.24) is 0 Å². The lowest BCUT2D eigenvalue weighted by Crippen LogP contribution is -2.31. The standard InChI is InChI=1S/C11H13ClFNO2/c1-2-16-11(15)9(13)10(14)7-5-3-4-6-8(7)12/h3-6,9-10H,2,14H2,1H3/t9?,10-/m1/s1. The van der Waals surface area contributed by atoms with Gasteiger partial charge in [0.05, 0.1) is 12.6 Å². The van der Waals surface area contributed by atoms with Crippen LogP contribution in [0.25, 0.3) is 0 Å². The van der Waals surface area contributed by atoms with Crippen LogP contribution in [-0.2, 0) is 9.53 Å². The molecule has 0 saturated carbocycles. The van der Waals surface area contributed by atoms with Gasteiger partial charge in [-0.15, -0.1) is 0 Å². The van der Waals surface area contributed by atoms with Gasteiger partial charge in [-0.1, -0.05) is 29.8 Å². The van der Waals surface area contributed by atoms with Crippen LogP contribution in [0.5, 0.6) is 0 Å². The lowest BCUT2D eigenvalue weighted by atomic mass is 10.0. The van der Waals surface area contributed by atoms with Crippen LogP contribution in [-0.4, -0.2) is 18.7 Å². The molecule has 2 N–H and O–H groups in total. The van der Waals surface area contributed by atoms with Crippen molar-refractivity contribution in [1.29, 1.82) is 0 Å². The van der Waals surface area contributed by atoms with Crippen LogP contribution in [0.15, 0.2) is 24.3 Å². The molecular weight excluding hydrogens is 233 g/mol. The van der Waals surface area contributed by atoms with E-state index < -0.39 is 18.2 Å². The predicted octanol–water partition coefficient (Wildman–Crippen LogP) is 2.24. The average Bonchev–Trinajstić information content (AvgIpc) is 2.28. The highest BCUT2D eigenvalue weighted by Gasteiger charge is 2.28. The molecule has 0 saturated heterocycles. The fourth-order valence-corrected chi connectivity index (χ4v) is 1.53. The molecule has 3 nitrogen and oxygen atoms in total. The highest BCUT2D eigenvalue weighted by Crippen LogP contribution is 2.25. The Bertz CT molecular complexity index is 373. The van der Waals surface area contributed by atoms with Crippen molar-refractivity contribution in [2.24, 2.45) is 5.73 Å². The first-order valence-corrected chi connectivity index (χ1v) is 5.26. The van der Waals surface area contributed by atoms with E-state index in [4.69, 9.17) is 17.3 Å². The molecule has 5 heteroatoms. The van der Waals surface area contributed by atoms with Crippen molar-refractivity contribution in [3.8, 4) is 0 Å². The highest BCUT2D eigenvalue weighted by molar-refractivity contribution is 6.31. The van der Waals surface area contributed by atoms with E-state index in [0.717, 1.165) is 0 Å². The summed E-state index contributed by atoms with van der Waals surface area (Å²) in [5, 5.41) is 0.335. The topological polar surface area (TPSA) is 52.3 Å². The molecule has 0 heterocycles. The SMILES string of the molecule is CCOC(=O)C(F)[C@H](N)c1ccccc1Cl. The first-order valence-electron chi connectivity index (χ1n) is 4.88. The fourth-order valence-electron chi connectivity index (χ4n) is 1.27. The van der Waals surface area contributed by atoms with Crippen LogP contribution in [0.1, 0.15) is 18.5 Å². The van der Waals surface area contributed by atoms with Gasteiger partial charge in [0, 0.05) is 5.02 Å². The number of carbonyl (C=O) groups is 1. The molecule has 0 amide bonds. The molecule has 0 spiro atoms. The van der Waals surface area contributed by atoms with Gasteiger partial charge in [0.15, 0.2) is 0 Å². The Morgan fingerprint density at radius 2 is 2.19 bits per heavy atom. The Kier molecular flexibility index (Phi) is 4.71. The minimum atomic E-state index is -1.90. The van der Waals surface area contributed by atoms with Gasteiger partial charge in [-0.05, 0) is 18.6 Å². The maximum absolute atomic E-state index is 13.6. The third-order valence-electron chi connectivity index (χ3n) is 2.09. The van der Waals surface area contributed by atoms with Crippen molar-refractivity contribution < 1.29 is 13.9 Å². The molecule has 0 aromatic heterocycles. The van der Waals surface area contributed by atoms with Crippen LogP contribution in [0.4, 0.5) is 4.39 Å². The molecule has 0 aliphatic rings. The monoisotopic (exact) mass is 245 g/mol. The molecule has 0 radical (unpaired) electrons. The quantitative estimate of drug-likeness (QED) is 0.828. The molecule has 1 unspecified atom stereocenters. The molecule has 1 rings (SSSR count). The summed E-state index contributed by atoms with van der Waals surface area (Å²) in [5.74, 6) is -0.963. The predicted molar refractivity (Wildman–Crippen MR) is 59.9 cm³/mol. The molecule has 2 atom stereocenters. The Balaban J connectivity index is 2.82. The number of benzene rings is 1. The molecule has 16 heavy (non-hydrogen) atoms. The van der Waals surface area contributed by atoms with E-state index in [1.54, 1.807) is 31.2 Å². The Morgan fingerprint density at radius 3 is 2.75 bits per heavy atom. The van der Waals surface area contributed by atoms with Gasteiger partial charge in [0.2, 0.25) is 6.17 Å². The summed E-state index contributed by atoms with van der Waals surface area (Å²) < 4.78 is 18.1. The third-order valence-corrected chi connectivity index (χ3v) is 2.44. The van der Waals surface area contributed by atoms with E-state index in [1.165, 1.54) is 0 Å². The minimum absolute atomic E-state index is 0.120. The third kappa shape index (κ3) is 2.93. The molecular formula is C11H13ClFNO2. The highest BCUT2D eigenvalue weighted by atomic mass is 35.5. The zero-order valence-corrected chi connectivity index (χ0v) is 9.58. The van der Waals surface area contributed by atoms with E-state index >= 15 is 0 Å². The van der Waals surface area contributed by atoms with E-state index in [1.807, 2.05) is 0 Å². The molecule has 0 fully saturated rings. The van der Waals surface area contributed by atoms with Crippen molar-refractivity contribution in [2.75, 3.05) is 6.61 Å². The second kappa shape index (κ2) is 5.82. The van der Waals surface area contributed by atoms with Gasteiger partial charge in [-0.3, -0.25) is 0 Å². The Morgan fingerprint density at radius 1 is 1.56 bits per heavy atom. The van der Waals surface area contributed by atoms with Crippen LogP contribution in [0.2, 0.25) is 5.02 Å². The molecule has 1 aromatic carbocycles. The summed E-state index contributed by atoms with van der Waals surface area (Å²) >= 11 is 5.85. The molecule has 0 aliphatic carbocycles. The molecule has 88 valence electrons. The summed E-state index contributed by atoms with van der Waals surface area (Å²) in [7, 11) is 0. The van der Waals surface area contributed by atoms with Gasteiger partial charge in [0.1, 0.15) is 0 Å². The number of hydrogen-bond acceptors (Lipinski definition) is 3.